The van der Waals surface area contributed by atoms with E-state index in [9.17, 15) is 9.18 Å². The number of carbonyl (C=O) groups is 1. The van der Waals surface area contributed by atoms with Crippen LogP contribution < -0.4 is 0 Å². The number of halogens is 2. The van der Waals surface area contributed by atoms with Crippen LogP contribution in [-0.2, 0) is 20.7 Å². The van der Waals surface area contributed by atoms with Gasteiger partial charge >= 0.3 is 0 Å². The second kappa shape index (κ2) is 8.06. The van der Waals surface area contributed by atoms with Crippen molar-refractivity contribution < 1.29 is 18.7 Å². The van der Waals surface area contributed by atoms with Crippen molar-refractivity contribution in [1.29, 1.82) is 0 Å². The van der Waals surface area contributed by atoms with Gasteiger partial charge in [0, 0.05) is 49.4 Å². The maximum atomic E-state index is 14.1. The monoisotopic (exact) mass is 395 g/mol. The van der Waals surface area contributed by atoms with Crippen molar-refractivity contribution in [2.75, 3.05) is 39.5 Å². The largest absolute Gasteiger partial charge is 0.381 e. The first-order chi connectivity index (χ1) is 13.1. The molecule has 4 nitrogen and oxygen atoms in total. The van der Waals surface area contributed by atoms with Crippen molar-refractivity contribution in [2.24, 2.45) is 17.3 Å². The minimum absolute atomic E-state index is 0.00768. The van der Waals surface area contributed by atoms with Gasteiger partial charge in [-0.05, 0) is 49.1 Å². The summed E-state index contributed by atoms with van der Waals surface area (Å²) < 4.78 is 25.6. The highest BCUT2D eigenvalue weighted by Crippen LogP contribution is 2.45. The predicted molar refractivity (Wildman–Crippen MR) is 101 cm³/mol. The maximum Gasteiger partial charge on any atom is 0.227 e. The molecule has 1 aromatic rings. The molecule has 4 rings (SSSR count). The van der Waals surface area contributed by atoms with E-state index in [0.29, 0.717) is 36.2 Å². The third-order valence-corrected chi connectivity index (χ3v) is 6.77. The number of carbonyl (C=O) groups excluding carboxylic acids is 1. The minimum atomic E-state index is -0.417. The lowest BCUT2D eigenvalue weighted by atomic mass is 9.72. The third-order valence-electron chi connectivity index (χ3n) is 6.41. The lowest BCUT2D eigenvalue weighted by molar-refractivity contribution is -0.130. The molecule has 3 fully saturated rings. The Hall–Kier alpha value is -1.17. The van der Waals surface area contributed by atoms with Crippen LogP contribution in [0.4, 0.5) is 4.39 Å². The van der Waals surface area contributed by atoms with E-state index in [1.807, 2.05) is 4.90 Å². The maximum absolute atomic E-state index is 14.1. The summed E-state index contributed by atoms with van der Waals surface area (Å²) in [7, 11) is 0. The number of likely N-dealkylation sites (tertiary alicyclic amines) is 1. The van der Waals surface area contributed by atoms with Crippen LogP contribution in [-0.4, -0.2) is 50.3 Å². The van der Waals surface area contributed by atoms with E-state index in [0.717, 1.165) is 38.6 Å². The van der Waals surface area contributed by atoms with Crippen LogP contribution in [0.25, 0.3) is 0 Å². The van der Waals surface area contributed by atoms with Crippen molar-refractivity contribution in [3.05, 3.63) is 34.6 Å². The summed E-state index contributed by atoms with van der Waals surface area (Å²) in [6.45, 7) is 4.39. The quantitative estimate of drug-likeness (QED) is 0.737. The van der Waals surface area contributed by atoms with Crippen molar-refractivity contribution in [1.82, 2.24) is 4.90 Å². The van der Waals surface area contributed by atoms with Gasteiger partial charge in [0.05, 0.1) is 13.0 Å². The minimum Gasteiger partial charge on any atom is -0.381 e. The molecular formula is C21H27ClFNO3. The molecule has 0 N–H and O–H groups in total. The molecule has 2 heterocycles. The van der Waals surface area contributed by atoms with Gasteiger partial charge in [0.15, 0.2) is 0 Å². The summed E-state index contributed by atoms with van der Waals surface area (Å²) in [5.74, 6) is 0.580. The van der Waals surface area contributed by atoms with Crippen LogP contribution in [0.2, 0.25) is 5.02 Å². The van der Waals surface area contributed by atoms with Crippen molar-refractivity contribution >= 4 is 17.5 Å². The second-order valence-corrected chi connectivity index (χ2v) is 8.71. The topological polar surface area (TPSA) is 38.8 Å². The summed E-state index contributed by atoms with van der Waals surface area (Å²) in [6.07, 6.45) is 4.46. The molecule has 0 aromatic heterocycles. The lowest BCUT2D eigenvalue weighted by Gasteiger charge is -2.37. The Bertz CT molecular complexity index is 668. The molecule has 3 aliphatic rings. The van der Waals surface area contributed by atoms with Gasteiger partial charge in [-0.3, -0.25) is 4.79 Å². The number of nitrogens with zero attached hydrogens (tertiary/aromatic N) is 1. The smallest absolute Gasteiger partial charge is 0.227 e. The normalized spacial score (nSPS) is 24.5. The second-order valence-electron chi connectivity index (χ2n) is 8.30. The molecule has 6 heteroatoms. The van der Waals surface area contributed by atoms with Crippen LogP contribution >= 0.6 is 11.6 Å². The molecule has 1 aromatic carbocycles. The Morgan fingerprint density at radius 3 is 2.78 bits per heavy atom. The Morgan fingerprint density at radius 2 is 2.07 bits per heavy atom. The summed E-state index contributed by atoms with van der Waals surface area (Å²) in [5, 5.41) is 0.313. The van der Waals surface area contributed by atoms with E-state index < -0.39 is 5.82 Å². The van der Waals surface area contributed by atoms with E-state index in [2.05, 4.69) is 0 Å². The fourth-order valence-electron chi connectivity index (χ4n) is 4.42. The molecule has 1 aliphatic carbocycles. The van der Waals surface area contributed by atoms with Crippen LogP contribution in [0.3, 0.4) is 0 Å². The van der Waals surface area contributed by atoms with E-state index >= 15 is 0 Å². The fraction of sp³-hybridized carbons (Fsp3) is 0.667. The number of hydrogen-bond donors (Lipinski definition) is 0. The first kappa shape index (κ1) is 19.2. The van der Waals surface area contributed by atoms with E-state index in [4.69, 9.17) is 21.1 Å². The van der Waals surface area contributed by atoms with Crippen LogP contribution in [0.1, 0.15) is 31.2 Å². The van der Waals surface area contributed by atoms with E-state index in [1.165, 1.54) is 18.9 Å². The zero-order valence-electron chi connectivity index (χ0n) is 15.6. The Kier molecular flexibility index (Phi) is 5.72. The molecular weight excluding hydrogens is 369 g/mol. The standard InChI is InChI=1S/C21H27ClFNO3/c22-18-2-1-3-19(23)17(18)10-20(25)24-11-16(13-27-12-15-4-5-15)21(14-24)6-8-26-9-7-21/h1-3,15-16H,4-14H2. The predicted octanol–water partition coefficient (Wildman–Crippen LogP) is 3.70. The first-order valence-electron chi connectivity index (χ1n) is 9.93. The molecule has 0 radical (unpaired) electrons. The van der Waals surface area contributed by atoms with Gasteiger partial charge in [-0.25, -0.2) is 4.39 Å². The zero-order valence-corrected chi connectivity index (χ0v) is 16.3. The molecule has 0 bridgehead atoms. The molecule has 148 valence electrons. The number of benzene rings is 1. The molecule has 2 saturated heterocycles. The van der Waals surface area contributed by atoms with Gasteiger partial charge in [0.1, 0.15) is 5.82 Å². The highest BCUT2D eigenvalue weighted by atomic mass is 35.5. The number of hydrogen-bond acceptors (Lipinski definition) is 3. The van der Waals surface area contributed by atoms with Crippen molar-refractivity contribution in [3.63, 3.8) is 0 Å². The average molecular weight is 396 g/mol. The van der Waals surface area contributed by atoms with Gasteiger partial charge in [-0.2, -0.15) is 0 Å². The Balaban J connectivity index is 1.43. The summed E-state index contributed by atoms with van der Waals surface area (Å²) >= 11 is 6.11. The number of rotatable bonds is 6. The highest BCUT2D eigenvalue weighted by Gasteiger charge is 2.48. The molecule has 1 spiro atoms. The van der Waals surface area contributed by atoms with Gasteiger partial charge < -0.3 is 14.4 Å². The highest BCUT2D eigenvalue weighted by molar-refractivity contribution is 6.31. The fourth-order valence-corrected chi connectivity index (χ4v) is 4.65. The molecule has 1 amide bonds. The number of ether oxygens (including phenoxy) is 2. The Morgan fingerprint density at radius 1 is 1.30 bits per heavy atom. The Labute approximate surface area is 165 Å². The van der Waals surface area contributed by atoms with Gasteiger partial charge in [-0.15, -0.1) is 0 Å². The average Bonchev–Trinajstić information content (AvgIpc) is 3.42. The number of amides is 1. The molecule has 27 heavy (non-hydrogen) atoms. The zero-order chi connectivity index (χ0) is 18.9. The van der Waals surface area contributed by atoms with Gasteiger partial charge in [0.2, 0.25) is 5.91 Å². The molecule has 1 saturated carbocycles. The van der Waals surface area contributed by atoms with Gasteiger partial charge in [-0.1, -0.05) is 17.7 Å². The molecule has 2 aliphatic heterocycles. The van der Waals surface area contributed by atoms with E-state index in [-0.39, 0.29) is 17.7 Å². The summed E-state index contributed by atoms with van der Waals surface area (Å²) in [6, 6.07) is 4.55. The SMILES string of the molecule is O=C(Cc1c(F)cccc1Cl)N1CC(COCC2CC2)C2(CCOCC2)C1. The van der Waals surface area contributed by atoms with Crippen LogP contribution in [0.5, 0.6) is 0 Å². The van der Waals surface area contributed by atoms with Crippen LogP contribution in [0, 0.1) is 23.1 Å². The van der Waals surface area contributed by atoms with E-state index in [1.54, 1.807) is 12.1 Å². The van der Waals surface area contributed by atoms with Crippen molar-refractivity contribution in [3.8, 4) is 0 Å². The first-order valence-corrected chi connectivity index (χ1v) is 10.3. The summed E-state index contributed by atoms with van der Waals surface area (Å²) in [5.41, 5.74) is 0.356. The third kappa shape index (κ3) is 4.30. The van der Waals surface area contributed by atoms with Gasteiger partial charge in [0.25, 0.3) is 0 Å². The lowest BCUT2D eigenvalue weighted by Crippen LogP contribution is -2.39. The van der Waals surface area contributed by atoms with Crippen molar-refractivity contribution in [2.45, 2.75) is 32.1 Å². The summed E-state index contributed by atoms with van der Waals surface area (Å²) in [4.78, 5) is 14.8. The molecule has 1 unspecified atom stereocenters. The van der Waals surface area contributed by atoms with Crippen LogP contribution in [0.15, 0.2) is 18.2 Å². The molecule has 1 atom stereocenters.